The van der Waals surface area contributed by atoms with Gasteiger partial charge in [-0.2, -0.15) is 0 Å². The number of ether oxygens (including phenoxy) is 2. The van der Waals surface area contributed by atoms with Crippen LogP contribution in [0.2, 0.25) is 0 Å². The fourth-order valence-electron chi connectivity index (χ4n) is 3.90. The van der Waals surface area contributed by atoms with Crippen molar-refractivity contribution in [1.29, 1.82) is 0 Å². The molecule has 29 heavy (non-hydrogen) atoms. The van der Waals surface area contributed by atoms with Gasteiger partial charge in [-0.05, 0) is 50.8 Å². The third-order valence-corrected chi connectivity index (χ3v) is 5.76. The molecule has 1 aromatic rings. The van der Waals surface area contributed by atoms with E-state index in [4.69, 9.17) is 9.47 Å². The normalized spacial score (nSPS) is 23.4. The Morgan fingerprint density at radius 3 is 1.90 bits per heavy atom. The van der Waals surface area contributed by atoms with Crippen molar-refractivity contribution in [3.63, 3.8) is 0 Å². The van der Waals surface area contributed by atoms with Crippen molar-refractivity contribution in [2.24, 2.45) is 17.8 Å². The first-order valence-electron chi connectivity index (χ1n) is 10.0. The number of hydrogen-bond donors (Lipinski definition) is 0. The van der Waals surface area contributed by atoms with E-state index in [0.717, 1.165) is 12.0 Å². The average Bonchev–Trinajstić information content (AvgIpc) is 3.28. The Hall–Kier alpha value is -2.50. The Morgan fingerprint density at radius 2 is 1.52 bits per heavy atom. The lowest BCUT2D eigenvalue weighted by Crippen LogP contribution is -2.10. The summed E-state index contributed by atoms with van der Waals surface area (Å²) >= 11 is 0. The van der Waals surface area contributed by atoms with Crippen LogP contribution in [0.15, 0.2) is 18.2 Å². The molecule has 0 amide bonds. The van der Waals surface area contributed by atoms with Gasteiger partial charge in [0.1, 0.15) is 34.6 Å². The highest BCUT2D eigenvalue weighted by Gasteiger charge is 2.34. The number of carbonyl (C=O) groups excluding carboxylic acids is 4. The largest absolute Gasteiger partial charge is 0.497 e. The molecular formula is C23H30O6. The summed E-state index contributed by atoms with van der Waals surface area (Å²) in [6, 6.07) is 5.63. The highest BCUT2D eigenvalue weighted by Crippen LogP contribution is 2.33. The Labute approximate surface area is 172 Å². The third-order valence-electron chi connectivity index (χ3n) is 5.76. The quantitative estimate of drug-likeness (QED) is 0.725. The van der Waals surface area contributed by atoms with Gasteiger partial charge >= 0.3 is 0 Å². The summed E-state index contributed by atoms with van der Waals surface area (Å²) in [7, 11) is 3.20. The maximum absolute atomic E-state index is 12.0. The zero-order chi connectivity index (χ0) is 21.6. The highest BCUT2D eigenvalue weighted by atomic mass is 16.5. The fraction of sp³-hybridized carbons (Fsp3) is 0.565. The minimum Gasteiger partial charge on any atom is -0.497 e. The lowest BCUT2D eigenvalue weighted by atomic mass is 9.95. The molecule has 0 unspecified atom stereocenters. The lowest BCUT2D eigenvalue weighted by Gasteiger charge is -2.12. The number of methoxy groups -OCH3 is 2. The van der Waals surface area contributed by atoms with Crippen LogP contribution in [0.1, 0.15) is 51.5 Å². The summed E-state index contributed by atoms with van der Waals surface area (Å²) in [5, 5.41) is 0. The summed E-state index contributed by atoms with van der Waals surface area (Å²) < 4.78 is 10.5. The van der Waals surface area contributed by atoms with Crippen molar-refractivity contribution >= 4 is 23.1 Å². The SMILES string of the molecule is CC(=O)[C@H]1CCC(=O)C1.COc1cc(C[C@H]2C[C@H](C(C)=O)CC2=O)cc(OC)c1. The van der Waals surface area contributed by atoms with Gasteiger partial charge in [0.05, 0.1) is 14.2 Å². The minimum atomic E-state index is -0.0972. The first kappa shape index (κ1) is 22.8. The van der Waals surface area contributed by atoms with E-state index < -0.39 is 0 Å². The molecule has 1 aromatic carbocycles. The molecule has 3 rings (SSSR count). The zero-order valence-corrected chi connectivity index (χ0v) is 17.7. The molecule has 0 aromatic heterocycles. The number of rotatable bonds is 6. The summed E-state index contributed by atoms with van der Waals surface area (Å²) in [5.41, 5.74) is 1.00. The van der Waals surface area contributed by atoms with Gasteiger partial charge in [0.25, 0.3) is 0 Å². The fourth-order valence-corrected chi connectivity index (χ4v) is 3.90. The van der Waals surface area contributed by atoms with Crippen LogP contribution in [-0.2, 0) is 25.6 Å². The van der Waals surface area contributed by atoms with Crippen LogP contribution in [-0.4, -0.2) is 37.4 Å². The van der Waals surface area contributed by atoms with Crippen LogP contribution in [0.3, 0.4) is 0 Å². The van der Waals surface area contributed by atoms with Crippen molar-refractivity contribution in [3.05, 3.63) is 23.8 Å². The Morgan fingerprint density at radius 1 is 0.931 bits per heavy atom. The minimum absolute atomic E-state index is 0.0532. The number of benzene rings is 1. The van der Waals surface area contributed by atoms with Crippen LogP contribution in [0.25, 0.3) is 0 Å². The number of carbonyl (C=O) groups is 4. The maximum atomic E-state index is 12.0. The van der Waals surface area contributed by atoms with Crippen LogP contribution in [0.5, 0.6) is 11.5 Å². The second-order valence-corrected chi connectivity index (χ2v) is 7.92. The molecule has 0 saturated heterocycles. The van der Waals surface area contributed by atoms with Gasteiger partial charge in [0, 0.05) is 43.1 Å². The molecule has 0 radical (unpaired) electrons. The van der Waals surface area contributed by atoms with Gasteiger partial charge in [0.2, 0.25) is 0 Å². The lowest BCUT2D eigenvalue weighted by molar-refractivity contribution is -0.124. The molecule has 2 fully saturated rings. The molecular weight excluding hydrogens is 372 g/mol. The number of Topliss-reactive ketones (excluding diaryl/α,β-unsaturated/α-hetero) is 4. The van der Waals surface area contributed by atoms with Gasteiger partial charge in [-0.1, -0.05) is 0 Å². The molecule has 2 aliphatic rings. The predicted molar refractivity (Wildman–Crippen MR) is 108 cm³/mol. The second-order valence-electron chi connectivity index (χ2n) is 7.92. The molecule has 3 atom stereocenters. The maximum Gasteiger partial charge on any atom is 0.137 e. The van der Waals surface area contributed by atoms with E-state index in [1.54, 1.807) is 34.1 Å². The first-order valence-corrected chi connectivity index (χ1v) is 10.0. The predicted octanol–water partition coefficient (Wildman–Crippen LogP) is 3.38. The molecule has 0 bridgehead atoms. The highest BCUT2D eigenvalue weighted by molar-refractivity contribution is 5.91. The average molecular weight is 402 g/mol. The van der Waals surface area contributed by atoms with Gasteiger partial charge in [0.15, 0.2) is 0 Å². The van der Waals surface area contributed by atoms with Crippen molar-refractivity contribution in [3.8, 4) is 11.5 Å². The zero-order valence-electron chi connectivity index (χ0n) is 17.7. The first-order chi connectivity index (χ1) is 13.7. The Bertz CT molecular complexity index is 759. The van der Waals surface area contributed by atoms with Gasteiger partial charge in [-0.15, -0.1) is 0 Å². The van der Waals surface area contributed by atoms with Crippen molar-refractivity contribution in [2.45, 2.75) is 52.4 Å². The molecule has 2 saturated carbocycles. The van der Waals surface area contributed by atoms with Gasteiger partial charge < -0.3 is 9.47 Å². The van der Waals surface area contributed by atoms with E-state index >= 15 is 0 Å². The van der Waals surface area contributed by atoms with Crippen LogP contribution in [0.4, 0.5) is 0 Å². The van der Waals surface area contributed by atoms with E-state index in [1.807, 2.05) is 12.1 Å². The molecule has 6 heteroatoms. The van der Waals surface area contributed by atoms with E-state index in [9.17, 15) is 19.2 Å². The molecule has 0 aliphatic heterocycles. The summed E-state index contributed by atoms with van der Waals surface area (Å²) in [6.45, 7) is 3.12. The summed E-state index contributed by atoms with van der Waals surface area (Å²) in [6.07, 6.45) is 3.58. The van der Waals surface area contributed by atoms with Crippen molar-refractivity contribution in [2.75, 3.05) is 14.2 Å². The number of hydrogen-bond acceptors (Lipinski definition) is 6. The number of ketones is 4. The summed E-state index contributed by atoms with van der Waals surface area (Å²) in [4.78, 5) is 44.6. The van der Waals surface area contributed by atoms with Crippen LogP contribution in [0, 0.1) is 17.8 Å². The standard InChI is InChI=1S/C16H20O4.C7H10O2/c1-10(17)12-7-13(16(18)8-12)4-11-5-14(19-2)9-15(6-11)20-3;1-5(8)6-2-3-7(9)4-6/h5-6,9,12-13H,4,7-8H2,1-3H3;6H,2-4H2,1H3/t12-,13-;6-/m00/s1. The molecule has 6 nitrogen and oxygen atoms in total. The monoisotopic (exact) mass is 402 g/mol. The molecule has 0 N–H and O–H groups in total. The third kappa shape index (κ3) is 6.51. The molecule has 0 spiro atoms. The Balaban J connectivity index is 0.000000278. The van der Waals surface area contributed by atoms with Gasteiger partial charge in [-0.3, -0.25) is 19.2 Å². The topological polar surface area (TPSA) is 86.7 Å². The van der Waals surface area contributed by atoms with E-state index in [2.05, 4.69) is 0 Å². The van der Waals surface area contributed by atoms with Gasteiger partial charge in [-0.25, -0.2) is 0 Å². The molecule has 158 valence electrons. The van der Waals surface area contributed by atoms with Crippen molar-refractivity contribution < 1.29 is 28.7 Å². The van der Waals surface area contributed by atoms with Crippen LogP contribution < -0.4 is 9.47 Å². The smallest absolute Gasteiger partial charge is 0.137 e. The molecule has 0 heterocycles. The molecule has 2 aliphatic carbocycles. The summed E-state index contributed by atoms with van der Waals surface area (Å²) in [5.74, 6) is 2.03. The van der Waals surface area contributed by atoms with Crippen molar-refractivity contribution in [1.82, 2.24) is 0 Å². The van der Waals surface area contributed by atoms with E-state index in [0.29, 0.717) is 43.6 Å². The second kappa shape index (κ2) is 10.3. The Kier molecular flexibility index (Phi) is 8.11. The van der Waals surface area contributed by atoms with E-state index in [1.165, 1.54) is 0 Å². The van der Waals surface area contributed by atoms with E-state index in [-0.39, 0.29) is 40.9 Å². The van der Waals surface area contributed by atoms with Crippen LogP contribution >= 0.6 is 0 Å².